The number of fused-ring (bicyclic) bond motifs is 2. The summed E-state index contributed by atoms with van der Waals surface area (Å²) < 4.78 is 12.0. The summed E-state index contributed by atoms with van der Waals surface area (Å²) in [5.41, 5.74) is 1.28. The fraction of sp³-hybridized carbons (Fsp3) is 0.650. The summed E-state index contributed by atoms with van der Waals surface area (Å²) >= 11 is 0. The van der Waals surface area contributed by atoms with Crippen molar-refractivity contribution < 1.29 is 9.47 Å². The zero-order valence-corrected chi connectivity index (χ0v) is 17.7. The molecule has 144 valence electrons. The second-order valence-electron chi connectivity index (χ2n) is 7.42. The fourth-order valence-electron chi connectivity index (χ4n) is 4.45. The van der Waals surface area contributed by atoms with Crippen LogP contribution in [-0.2, 0) is 9.47 Å². The number of hydrogen-bond acceptors (Lipinski definition) is 3. The third kappa shape index (κ3) is 4.51. The molecule has 26 heavy (non-hydrogen) atoms. The molecule has 0 saturated carbocycles. The van der Waals surface area contributed by atoms with Gasteiger partial charge in [-0.15, -0.1) is 24.0 Å². The van der Waals surface area contributed by atoms with Crippen molar-refractivity contribution >= 4 is 29.9 Å². The monoisotopic (exact) mass is 471 g/mol. The maximum atomic E-state index is 6.10. The molecule has 1 aromatic rings. The van der Waals surface area contributed by atoms with Gasteiger partial charge in [0.25, 0.3) is 0 Å². The highest BCUT2D eigenvalue weighted by molar-refractivity contribution is 14.0. The van der Waals surface area contributed by atoms with Crippen molar-refractivity contribution in [1.29, 1.82) is 0 Å². The molecule has 5 nitrogen and oxygen atoms in total. The molecule has 3 aliphatic rings. The smallest absolute Gasteiger partial charge is 0.191 e. The summed E-state index contributed by atoms with van der Waals surface area (Å²) in [4.78, 5) is 4.42. The zero-order chi connectivity index (χ0) is 17.1. The zero-order valence-electron chi connectivity index (χ0n) is 15.4. The first-order chi connectivity index (χ1) is 12.3. The lowest BCUT2D eigenvalue weighted by atomic mass is 9.89. The van der Waals surface area contributed by atoms with Gasteiger partial charge in [-0.3, -0.25) is 4.99 Å². The number of hydrogen-bond donors (Lipinski definition) is 2. The van der Waals surface area contributed by atoms with Crippen LogP contribution in [0.3, 0.4) is 0 Å². The van der Waals surface area contributed by atoms with Crippen LogP contribution in [0, 0.1) is 5.92 Å². The molecule has 0 radical (unpaired) electrons. The van der Waals surface area contributed by atoms with Crippen LogP contribution in [0.4, 0.5) is 0 Å². The van der Waals surface area contributed by atoms with Crippen molar-refractivity contribution in [3.8, 4) is 0 Å². The van der Waals surface area contributed by atoms with Crippen LogP contribution < -0.4 is 10.6 Å². The number of guanidine groups is 1. The Morgan fingerprint density at radius 2 is 2.04 bits per heavy atom. The van der Waals surface area contributed by atoms with E-state index in [0.29, 0.717) is 24.2 Å². The van der Waals surface area contributed by atoms with E-state index in [4.69, 9.17) is 9.47 Å². The van der Waals surface area contributed by atoms with E-state index in [1.54, 1.807) is 0 Å². The first-order valence-corrected chi connectivity index (χ1v) is 9.62. The topological polar surface area (TPSA) is 54.9 Å². The average molecular weight is 471 g/mol. The minimum absolute atomic E-state index is 0. The molecule has 4 rings (SSSR count). The average Bonchev–Trinajstić information content (AvgIpc) is 3.29. The van der Waals surface area contributed by atoms with Crippen LogP contribution in [-0.4, -0.2) is 44.4 Å². The van der Waals surface area contributed by atoms with Crippen molar-refractivity contribution in [3.05, 3.63) is 35.9 Å². The molecule has 0 spiro atoms. The Labute approximate surface area is 173 Å². The highest BCUT2D eigenvalue weighted by Crippen LogP contribution is 2.35. The van der Waals surface area contributed by atoms with Gasteiger partial charge in [0.1, 0.15) is 0 Å². The summed E-state index contributed by atoms with van der Waals surface area (Å²) in [6, 6.07) is 11.0. The molecule has 0 aromatic heterocycles. The predicted molar refractivity (Wildman–Crippen MR) is 114 cm³/mol. The predicted octanol–water partition coefficient (Wildman–Crippen LogP) is 3.26. The van der Waals surface area contributed by atoms with Gasteiger partial charge in [0.2, 0.25) is 0 Å². The van der Waals surface area contributed by atoms with Crippen LogP contribution in [0.5, 0.6) is 0 Å². The van der Waals surface area contributed by atoms with Gasteiger partial charge in [0.05, 0.1) is 24.4 Å². The number of aliphatic imine (C=N–C) groups is 1. The number of nitrogens with zero attached hydrogens (tertiary/aromatic N) is 1. The maximum Gasteiger partial charge on any atom is 0.191 e. The van der Waals surface area contributed by atoms with E-state index in [0.717, 1.165) is 32.0 Å². The van der Waals surface area contributed by atoms with E-state index in [2.05, 4.69) is 46.0 Å². The van der Waals surface area contributed by atoms with Crippen LogP contribution >= 0.6 is 24.0 Å². The number of nitrogens with one attached hydrogen (secondary N) is 2. The Morgan fingerprint density at radius 3 is 2.73 bits per heavy atom. The molecule has 0 amide bonds. The van der Waals surface area contributed by atoms with E-state index < -0.39 is 0 Å². The van der Waals surface area contributed by atoms with Gasteiger partial charge in [0, 0.05) is 26.1 Å². The van der Waals surface area contributed by atoms with Crippen molar-refractivity contribution in [2.75, 3.05) is 20.2 Å². The minimum atomic E-state index is 0. The molecule has 0 aliphatic carbocycles. The summed E-state index contributed by atoms with van der Waals surface area (Å²) in [6.07, 6.45) is 6.78. The summed E-state index contributed by atoms with van der Waals surface area (Å²) in [5.74, 6) is 1.35. The molecular weight excluding hydrogens is 441 g/mol. The highest BCUT2D eigenvalue weighted by Gasteiger charge is 2.41. The standard InChI is InChI=1S/C20H29N3O2.HI/c1-21-20(23-17-12-16-9-10-18(17)25-16)22-13-15-8-5-11-24-19(15)14-6-3-2-4-7-14;/h2-4,6-7,15-19H,5,8-13H2,1H3,(H2,21,22,23);1H. The van der Waals surface area contributed by atoms with Crippen LogP contribution in [0.2, 0.25) is 0 Å². The third-order valence-electron chi connectivity index (χ3n) is 5.76. The Balaban J connectivity index is 0.00000196. The van der Waals surface area contributed by atoms with Crippen LogP contribution in [0.1, 0.15) is 43.8 Å². The van der Waals surface area contributed by atoms with E-state index >= 15 is 0 Å². The van der Waals surface area contributed by atoms with Gasteiger partial charge < -0.3 is 20.1 Å². The molecule has 6 heteroatoms. The van der Waals surface area contributed by atoms with Crippen molar-refractivity contribution in [2.24, 2.45) is 10.9 Å². The summed E-state index contributed by atoms with van der Waals surface area (Å²) in [7, 11) is 1.84. The largest absolute Gasteiger partial charge is 0.373 e. The molecule has 3 aliphatic heterocycles. The van der Waals surface area contributed by atoms with Crippen LogP contribution in [0.15, 0.2) is 35.3 Å². The van der Waals surface area contributed by atoms with Gasteiger partial charge in [-0.2, -0.15) is 0 Å². The van der Waals surface area contributed by atoms with E-state index in [-0.39, 0.29) is 30.1 Å². The lowest BCUT2D eigenvalue weighted by molar-refractivity contribution is -0.0265. The fourth-order valence-corrected chi connectivity index (χ4v) is 4.45. The quantitative estimate of drug-likeness (QED) is 0.402. The van der Waals surface area contributed by atoms with Crippen molar-refractivity contribution in [1.82, 2.24) is 10.6 Å². The SMILES string of the molecule is CN=C(NCC1CCCOC1c1ccccc1)NC1CC2CCC1O2.I. The molecule has 5 unspecified atom stereocenters. The Kier molecular flexibility index (Phi) is 7.17. The number of benzene rings is 1. The van der Waals surface area contributed by atoms with Crippen molar-refractivity contribution in [3.63, 3.8) is 0 Å². The van der Waals surface area contributed by atoms with E-state index in [1.165, 1.54) is 24.8 Å². The summed E-state index contributed by atoms with van der Waals surface area (Å²) in [5, 5.41) is 7.09. The molecule has 1 aromatic carbocycles. The Hall–Kier alpha value is -0.860. The molecule has 5 atom stereocenters. The first kappa shape index (κ1) is 19.9. The maximum absolute atomic E-state index is 6.10. The lowest BCUT2D eigenvalue weighted by Gasteiger charge is -2.33. The molecule has 2 N–H and O–H groups in total. The summed E-state index contributed by atoms with van der Waals surface area (Å²) in [6.45, 7) is 1.73. The van der Waals surface area contributed by atoms with Gasteiger partial charge in [-0.1, -0.05) is 30.3 Å². The molecule has 3 fully saturated rings. The number of halogens is 1. The van der Waals surface area contributed by atoms with Gasteiger partial charge in [-0.25, -0.2) is 0 Å². The van der Waals surface area contributed by atoms with E-state index in [9.17, 15) is 0 Å². The minimum Gasteiger partial charge on any atom is -0.373 e. The van der Waals surface area contributed by atoms with Gasteiger partial charge in [-0.05, 0) is 37.7 Å². The molecular formula is C20H30IN3O2. The number of rotatable bonds is 4. The number of ether oxygens (including phenoxy) is 2. The third-order valence-corrected chi connectivity index (χ3v) is 5.76. The normalized spacial score (nSPS) is 33.6. The highest BCUT2D eigenvalue weighted by atomic mass is 127. The molecule has 2 bridgehead atoms. The second-order valence-corrected chi connectivity index (χ2v) is 7.42. The Morgan fingerprint density at radius 1 is 1.19 bits per heavy atom. The van der Waals surface area contributed by atoms with E-state index in [1.807, 2.05) is 7.05 Å². The first-order valence-electron chi connectivity index (χ1n) is 9.62. The van der Waals surface area contributed by atoms with Crippen LogP contribution in [0.25, 0.3) is 0 Å². The van der Waals surface area contributed by atoms with Gasteiger partial charge >= 0.3 is 0 Å². The Bertz CT molecular complexity index is 598. The lowest BCUT2D eigenvalue weighted by Crippen LogP contribution is -2.49. The van der Waals surface area contributed by atoms with Crippen molar-refractivity contribution in [2.45, 2.75) is 56.5 Å². The molecule has 3 heterocycles. The molecule has 3 saturated heterocycles. The second kappa shape index (κ2) is 9.37. The van der Waals surface area contributed by atoms with Gasteiger partial charge in [0.15, 0.2) is 5.96 Å².